The van der Waals surface area contributed by atoms with Crippen molar-refractivity contribution in [1.82, 2.24) is 4.90 Å². The van der Waals surface area contributed by atoms with Crippen LogP contribution in [0.5, 0.6) is 0 Å². The van der Waals surface area contributed by atoms with Gasteiger partial charge in [-0.1, -0.05) is 0 Å². The van der Waals surface area contributed by atoms with Gasteiger partial charge in [0.25, 0.3) is 0 Å². The maximum atomic E-state index is 10.9. The third-order valence-electron chi connectivity index (χ3n) is 3.02. The van der Waals surface area contributed by atoms with E-state index in [1.54, 1.807) is 13.8 Å². The molecule has 0 amide bonds. The number of carboxylic acid groups (broad SMARTS) is 1. The lowest BCUT2D eigenvalue weighted by Crippen LogP contribution is -2.42. The summed E-state index contributed by atoms with van der Waals surface area (Å²) in [5.41, 5.74) is -0.697. The van der Waals surface area contributed by atoms with Crippen LogP contribution in [0.1, 0.15) is 26.7 Å². The van der Waals surface area contributed by atoms with Crippen LogP contribution in [-0.4, -0.2) is 47.3 Å². The monoisotopic (exact) mass is 215 g/mol. The molecular formula is C11H21NO3. The summed E-state index contributed by atoms with van der Waals surface area (Å²) in [5.74, 6) is -0.224. The second-order valence-corrected chi connectivity index (χ2v) is 5.38. The average molecular weight is 215 g/mol. The van der Waals surface area contributed by atoms with E-state index in [1.165, 1.54) is 0 Å². The minimum Gasteiger partial charge on any atom is -0.481 e. The van der Waals surface area contributed by atoms with Gasteiger partial charge in [0.2, 0.25) is 0 Å². The van der Waals surface area contributed by atoms with Crippen molar-refractivity contribution in [3.63, 3.8) is 0 Å². The lowest BCUT2D eigenvalue weighted by molar-refractivity contribution is -0.148. The highest BCUT2D eigenvalue weighted by Crippen LogP contribution is 2.28. The molecule has 0 aromatic heterocycles. The van der Waals surface area contributed by atoms with Gasteiger partial charge in [0.05, 0.1) is 11.5 Å². The number of hydrogen-bond donors (Lipinski definition) is 2. The molecule has 4 heteroatoms. The van der Waals surface area contributed by atoms with Gasteiger partial charge >= 0.3 is 5.97 Å². The van der Waals surface area contributed by atoms with E-state index in [9.17, 15) is 4.79 Å². The molecule has 0 aromatic rings. The van der Waals surface area contributed by atoms with E-state index in [-0.39, 0.29) is 6.10 Å². The van der Waals surface area contributed by atoms with Crippen LogP contribution >= 0.6 is 0 Å². The largest absolute Gasteiger partial charge is 0.481 e. The summed E-state index contributed by atoms with van der Waals surface area (Å²) in [7, 11) is 1.94. The Morgan fingerprint density at radius 2 is 2.00 bits per heavy atom. The fraction of sp³-hybridized carbons (Fsp3) is 0.909. The second kappa shape index (κ2) is 4.49. The molecular weight excluding hydrogens is 194 g/mol. The normalized spacial score (nSPS) is 26.5. The molecule has 0 spiro atoms. The van der Waals surface area contributed by atoms with Crippen molar-refractivity contribution in [3.05, 3.63) is 0 Å². The van der Waals surface area contributed by atoms with Gasteiger partial charge in [-0.3, -0.25) is 4.79 Å². The maximum Gasteiger partial charge on any atom is 0.310 e. The van der Waals surface area contributed by atoms with Crippen molar-refractivity contribution in [2.45, 2.75) is 32.8 Å². The Kier molecular flexibility index (Phi) is 3.73. The Morgan fingerprint density at radius 1 is 1.47 bits per heavy atom. The van der Waals surface area contributed by atoms with Gasteiger partial charge in [-0.2, -0.15) is 0 Å². The predicted octanol–water partition coefficient (Wildman–Crippen LogP) is 0.800. The summed E-state index contributed by atoms with van der Waals surface area (Å²) in [6.45, 7) is 4.91. The van der Waals surface area contributed by atoms with Crippen molar-refractivity contribution in [3.8, 4) is 0 Å². The van der Waals surface area contributed by atoms with Crippen LogP contribution < -0.4 is 0 Å². The summed E-state index contributed by atoms with van der Waals surface area (Å²) in [5, 5.41) is 18.1. The van der Waals surface area contributed by atoms with Gasteiger partial charge in [-0.15, -0.1) is 0 Å². The lowest BCUT2D eigenvalue weighted by atomic mass is 9.82. The van der Waals surface area contributed by atoms with Crippen LogP contribution in [-0.2, 0) is 4.79 Å². The van der Waals surface area contributed by atoms with Crippen molar-refractivity contribution in [2.75, 3.05) is 20.1 Å². The van der Waals surface area contributed by atoms with Crippen LogP contribution in [0, 0.1) is 11.3 Å². The predicted molar refractivity (Wildman–Crippen MR) is 57.6 cm³/mol. The zero-order valence-electron chi connectivity index (χ0n) is 9.73. The lowest BCUT2D eigenvalue weighted by Gasteiger charge is -2.36. The molecule has 1 saturated carbocycles. The molecule has 2 N–H and O–H groups in total. The van der Waals surface area contributed by atoms with E-state index in [4.69, 9.17) is 10.2 Å². The van der Waals surface area contributed by atoms with Crippen LogP contribution in [0.15, 0.2) is 0 Å². The first-order valence-electron chi connectivity index (χ1n) is 5.41. The van der Waals surface area contributed by atoms with Crippen LogP contribution in [0.2, 0.25) is 0 Å². The molecule has 0 aromatic carbocycles. The maximum absolute atomic E-state index is 10.9. The minimum absolute atomic E-state index is 0.129. The highest BCUT2D eigenvalue weighted by atomic mass is 16.4. The average Bonchev–Trinajstić information content (AvgIpc) is 1.99. The first-order valence-corrected chi connectivity index (χ1v) is 5.41. The van der Waals surface area contributed by atoms with E-state index in [1.807, 2.05) is 11.9 Å². The number of aliphatic hydroxyl groups is 1. The fourth-order valence-electron chi connectivity index (χ4n) is 2.10. The smallest absolute Gasteiger partial charge is 0.310 e. The molecule has 1 aliphatic carbocycles. The molecule has 1 aliphatic rings. The van der Waals surface area contributed by atoms with Crippen molar-refractivity contribution >= 4 is 5.97 Å². The molecule has 0 atom stereocenters. The van der Waals surface area contributed by atoms with Gasteiger partial charge in [0.1, 0.15) is 0 Å². The Bertz CT molecular complexity index is 234. The van der Waals surface area contributed by atoms with Crippen molar-refractivity contribution in [1.29, 1.82) is 0 Å². The van der Waals surface area contributed by atoms with Crippen LogP contribution in [0.3, 0.4) is 0 Å². The molecule has 0 saturated heterocycles. The Hall–Kier alpha value is -0.610. The van der Waals surface area contributed by atoms with E-state index in [2.05, 4.69) is 0 Å². The molecule has 1 fully saturated rings. The summed E-state index contributed by atoms with van der Waals surface area (Å²) in [4.78, 5) is 13.0. The molecule has 0 unspecified atom stereocenters. The van der Waals surface area contributed by atoms with Gasteiger partial charge in [-0.25, -0.2) is 0 Å². The number of carbonyl (C=O) groups is 1. The summed E-state index contributed by atoms with van der Waals surface area (Å²) in [6.07, 6.45) is 1.59. The quantitative estimate of drug-likeness (QED) is 0.712. The number of carboxylic acids is 1. The summed E-state index contributed by atoms with van der Waals surface area (Å²) in [6, 6.07) is 0. The Labute approximate surface area is 90.9 Å². The Morgan fingerprint density at radius 3 is 2.40 bits per heavy atom. The second-order valence-electron chi connectivity index (χ2n) is 5.38. The van der Waals surface area contributed by atoms with E-state index in [0.717, 1.165) is 19.4 Å². The minimum atomic E-state index is -0.761. The highest BCUT2D eigenvalue weighted by Gasteiger charge is 2.32. The standard InChI is InChI=1S/C11H21NO3/c1-11(2,10(14)15)7-12(3)6-8-4-9(13)5-8/h8-9,13H,4-7H2,1-3H3,(H,14,15). The first kappa shape index (κ1) is 12.5. The molecule has 88 valence electrons. The van der Waals surface area contributed by atoms with Gasteiger partial charge in [-0.05, 0) is 39.7 Å². The first-order chi connectivity index (χ1) is 6.81. The molecule has 0 aliphatic heterocycles. The van der Waals surface area contributed by atoms with E-state index in [0.29, 0.717) is 12.5 Å². The zero-order valence-corrected chi connectivity index (χ0v) is 9.73. The molecule has 0 heterocycles. The number of aliphatic hydroxyl groups excluding tert-OH is 1. The molecule has 4 nitrogen and oxygen atoms in total. The zero-order chi connectivity index (χ0) is 11.6. The highest BCUT2D eigenvalue weighted by molar-refractivity contribution is 5.73. The summed E-state index contributed by atoms with van der Waals surface area (Å²) >= 11 is 0. The number of aliphatic carboxylic acids is 1. The fourth-order valence-corrected chi connectivity index (χ4v) is 2.10. The van der Waals surface area contributed by atoms with Crippen molar-refractivity contribution in [2.24, 2.45) is 11.3 Å². The SMILES string of the molecule is CN(CC1CC(O)C1)CC(C)(C)C(=O)O. The Balaban J connectivity index is 2.29. The molecule has 0 radical (unpaired) electrons. The van der Waals surface area contributed by atoms with Gasteiger partial charge < -0.3 is 15.1 Å². The molecule has 1 rings (SSSR count). The van der Waals surface area contributed by atoms with Gasteiger partial charge in [0, 0.05) is 13.1 Å². The topological polar surface area (TPSA) is 60.8 Å². The van der Waals surface area contributed by atoms with Gasteiger partial charge in [0.15, 0.2) is 0 Å². The molecule has 0 bridgehead atoms. The van der Waals surface area contributed by atoms with E-state index < -0.39 is 11.4 Å². The van der Waals surface area contributed by atoms with Crippen LogP contribution in [0.4, 0.5) is 0 Å². The third-order valence-corrected chi connectivity index (χ3v) is 3.02. The number of rotatable bonds is 5. The van der Waals surface area contributed by atoms with Crippen LogP contribution in [0.25, 0.3) is 0 Å². The third kappa shape index (κ3) is 3.47. The number of nitrogens with zero attached hydrogens (tertiary/aromatic N) is 1. The summed E-state index contributed by atoms with van der Waals surface area (Å²) < 4.78 is 0. The number of hydrogen-bond acceptors (Lipinski definition) is 3. The van der Waals surface area contributed by atoms with E-state index >= 15 is 0 Å². The molecule has 15 heavy (non-hydrogen) atoms. The van der Waals surface area contributed by atoms with Crippen molar-refractivity contribution < 1.29 is 15.0 Å².